The Bertz CT molecular complexity index is 388. The molecule has 0 radical (unpaired) electrons. The highest BCUT2D eigenvalue weighted by atomic mass is 19.1. The second-order valence-corrected chi connectivity index (χ2v) is 4.16. The van der Waals surface area contributed by atoms with Gasteiger partial charge in [-0.2, -0.15) is 0 Å². The molecule has 1 saturated heterocycles. The van der Waals surface area contributed by atoms with Crippen LogP contribution in [0.5, 0.6) is 0 Å². The lowest BCUT2D eigenvalue weighted by molar-refractivity contribution is -0.00461. The highest BCUT2D eigenvalue weighted by molar-refractivity contribution is 5.55. The molecule has 94 valence electrons. The lowest BCUT2D eigenvalue weighted by Crippen LogP contribution is -2.27. The van der Waals surface area contributed by atoms with Crippen molar-refractivity contribution in [3.63, 3.8) is 0 Å². The summed E-state index contributed by atoms with van der Waals surface area (Å²) in [5.74, 6) is -0.309. The van der Waals surface area contributed by atoms with Crippen LogP contribution in [0.4, 0.5) is 15.8 Å². The molecular weight excluding hydrogens is 223 g/mol. The topological polar surface area (TPSA) is 47.7 Å². The average Bonchev–Trinajstić information content (AvgIpc) is 2.72. The third-order valence-corrected chi connectivity index (χ3v) is 3.13. The van der Waals surface area contributed by atoms with Crippen LogP contribution in [0.2, 0.25) is 0 Å². The van der Waals surface area contributed by atoms with Gasteiger partial charge in [0.15, 0.2) is 0 Å². The Balaban J connectivity index is 2.19. The Morgan fingerprint density at radius 1 is 1.24 bits per heavy atom. The molecule has 2 N–H and O–H groups in total. The van der Waals surface area contributed by atoms with E-state index in [2.05, 4.69) is 0 Å². The van der Waals surface area contributed by atoms with Crippen molar-refractivity contribution in [1.29, 1.82) is 0 Å². The fourth-order valence-electron chi connectivity index (χ4n) is 2.17. The Morgan fingerprint density at radius 3 is 2.29 bits per heavy atom. The van der Waals surface area contributed by atoms with Crippen LogP contribution in [-0.2, 0) is 9.47 Å². The van der Waals surface area contributed by atoms with Crippen LogP contribution in [0.1, 0.15) is 0 Å². The molecule has 0 amide bonds. The number of hydrogen-bond acceptors (Lipinski definition) is 4. The van der Waals surface area contributed by atoms with Crippen LogP contribution in [0.25, 0.3) is 0 Å². The summed E-state index contributed by atoms with van der Waals surface area (Å²) >= 11 is 0. The van der Waals surface area contributed by atoms with Gasteiger partial charge in [-0.25, -0.2) is 4.39 Å². The maximum atomic E-state index is 13.8. The molecule has 2 unspecified atom stereocenters. The van der Waals surface area contributed by atoms with Gasteiger partial charge in [-0.1, -0.05) is 0 Å². The van der Waals surface area contributed by atoms with Crippen LogP contribution < -0.4 is 10.6 Å². The minimum atomic E-state index is -0.309. The molecule has 1 aliphatic rings. The molecule has 1 heterocycles. The van der Waals surface area contributed by atoms with E-state index in [4.69, 9.17) is 15.2 Å². The summed E-state index contributed by atoms with van der Waals surface area (Å²) in [5, 5.41) is 0. The SMILES string of the molecule is COC1CN(c2ccc(N)cc2F)CC1OC. The van der Waals surface area contributed by atoms with Crippen molar-refractivity contribution in [3.05, 3.63) is 24.0 Å². The number of halogens is 1. The average molecular weight is 240 g/mol. The summed E-state index contributed by atoms with van der Waals surface area (Å²) in [6.07, 6.45) is -0.0612. The first-order valence-corrected chi connectivity index (χ1v) is 5.51. The number of nitrogens with zero attached hydrogens (tertiary/aromatic N) is 1. The highest BCUT2D eigenvalue weighted by Crippen LogP contribution is 2.27. The maximum absolute atomic E-state index is 13.8. The zero-order valence-corrected chi connectivity index (χ0v) is 10.0. The smallest absolute Gasteiger partial charge is 0.148 e. The van der Waals surface area contributed by atoms with Crippen molar-refractivity contribution in [2.75, 3.05) is 37.9 Å². The van der Waals surface area contributed by atoms with Gasteiger partial charge in [0.2, 0.25) is 0 Å². The lowest BCUT2D eigenvalue weighted by Gasteiger charge is -2.18. The van der Waals surface area contributed by atoms with Gasteiger partial charge in [-0.3, -0.25) is 0 Å². The van der Waals surface area contributed by atoms with E-state index in [1.165, 1.54) is 6.07 Å². The van der Waals surface area contributed by atoms with Crippen LogP contribution >= 0.6 is 0 Å². The van der Waals surface area contributed by atoms with Crippen LogP contribution in [0.15, 0.2) is 18.2 Å². The van der Waals surface area contributed by atoms with Gasteiger partial charge in [-0.15, -0.1) is 0 Å². The molecular formula is C12H17FN2O2. The largest absolute Gasteiger partial charge is 0.399 e. The number of anilines is 2. The Hall–Kier alpha value is -1.33. The molecule has 0 spiro atoms. The van der Waals surface area contributed by atoms with Gasteiger partial charge in [0.1, 0.15) is 18.0 Å². The Kier molecular flexibility index (Phi) is 3.49. The van der Waals surface area contributed by atoms with Crippen LogP contribution in [0.3, 0.4) is 0 Å². The number of nitrogen functional groups attached to an aromatic ring is 1. The number of hydrogen-bond donors (Lipinski definition) is 1. The quantitative estimate of drug-likeness (QED) is 0.808. The molecule has 4 nitrogen and oxygen atoms in total. The van der Waals surface area contributed by atoms with Gasteiger partial charge in [0.25, 0.3) is 0 Å². The van der Waals surface area contributed by atoms with Crippen molar-refractivity contribution >= 4 is 11.4 Å². The zero-order valence-electron chi connectivity index (χ0n) is 10.0. The van der Waals surface area contributed by atoms with Gasteiger partial charge in [-0.05, 0) is 18.2 Å². The molecule has 2 rings (SSSR count). The normalized spacial score (nSPS) is 24.3. The third kappa shape index (κ3) is 2.35. The second-order valence-electron chi connectivity index (χ2n) is 4.16. The second kappa shape index (κ2) is 4.89. The van der Waals surface area contributed by atoms with Crippen LogP contribution in [-0.4, -0.2) is 39.5 Å². The molecule has 17 heavy (non-hydrogen) atoms. The number of ether oxygens (including phenoxy) is 2. The molecule has 5 heteroatoms. The van der Waals surface area contributed by atoms with E-state index < -0.39 is 0 Å². The number of nitrogens with two attached hydrogens (primary N) is 1. The molecule has 0 bridgehead atoms. The summed E-state index contributed by atoms with van der Waals surface area (Å²) in [5.41, 5.74) is 6.50. The van der Waals surface area contributed by atoms with Crippen molar-refractivity contribution in [1.82, 2.24) is 0 Å². The van der Waals surface area contributed by atoms with Gasteiger partial charge in [0.05, 0.1) is 5.69 Å². The minimum Gasteiger partial charge on any atom is -0.399 e. The van der Waals surface area contributed by atoms with Crippen molar-refractivity contribution in [3.8, 4) is 0 Å². The van der Waals surface area contributed by atoms with E-state index in [0.717, 1.165) is 0 Å². The monoisotopic (exact) mass is 240 g/mol. The molecule has 1 aromatic carbocycles. The lowest BCUT2D eigenvalue weighted by atomic mass is 10.2. The Morgan fingerprint density at radius 2 is 1.82 bits per heavy atom. The number of benzene rings is 1. The predicted octanol–water partition coefficient (Wildman–Crippen LogP) is 1.26. The summed E-state index contributed by atoms with van der Waals surface area (Å²) in [7, 11) is 3.28. The van der Waals surface area contributed by atoms with E-state index in [1.807, 2.05) is 4.90 Å². The van der Waals surface area contributed by atoms with Crippen molar-refractivity contribution < 1.29 is 13.9 Å². The Labute approximate surface area is 100 Å². The summed E-state index contributed by atoms with van der Waals surface area (Å²) in [6.45, 7) is 1.24. The maximum Gasteiger partial charge on any atom is 0.148 e. The minimum absolute atomic E-state index is 0.0306. The zero-order chi connectivity index (χ0) is 12.4. The summed E-state index contributed by atoms with van der Waals surface area (Å²) in [4.78, 5) is 1.91. The fraction of sp³-hybridized carbons (Fsp3) is 0.500. The first-order chi connectivity index (χ1) is 8.15. The third-order valence-electron chi connectivity index (χ3n) is 3.13. The molecule has 1 aliphatic heterocycles. The molecule has 0 aliphatic carbocycles. The van der Waals surface area contributed by atoms with E-state index in [1.54, 1.807) is 26.4 Å². The molecule has 0 saturated carbocycles. The fourth-order valence-corrected chi connectivity index (χ4v) is 2.17. The number of rotatable bonds is 3. The van der Waals surface area contributed by atoms with Crippen LogP contribution in [0, 0.1) is 5.82 Å². The molecule has 2 atom stereocenters. The first-order valence-electron chi connectivity index (χ1n) is 5.51. The van der Waals surface area contributed by atoms with Gasteiger partial charge in [0, 0.05) is 33.0 Å². The summed E-state index contributed by atoms with van der Waals surface area (Å²) < 4.78 is 24.4. The molecule has 1 fully saturated rings. The predicted molar refractivity (Wildman–Crippen MR) is 64.6 cm³/mol. The van der Waals surface area contributed by atoms with E-state index in [9.17, 15) is 4.39 Å². The van der Waals surface area contributed by atoms with Crippen molar-refractivity contribution in [2.45, 2.75) is 12.2 Å². The van der Waals surface area contributed by atoms with Gasteiger partial charge >= 0.3 is 0 Å². The van der Waals surface area contributed by atoms with E-state index in [-0.39, 0.29) is 18.0 Å². The number of methoxy groups -OCH3 is 2. The van der Waals surface area contributed by atoms with E-state index in [0.29, 0.717) is 24.5 Å². The highest BCUT2D eigenvalue weighted by Gasteiger charge is 2.33. The first kappa shape index (κ1) is 12.1. The molecule has 1 aromatic rings. The molecule has 0 aromatic heterocycles. The van der Waals surface area contributed by atoms with E-state index >= 15 is 0 Å². The van der Waals surface area contributed by atoms with Gasteiger partial charge < -0.3 is 20.1 Å². The standard InChI is InChI=1S/C12H17FN2O2/c1-16-11-6-15(7-12(11)17-2)10-4-3-8(14)5-9(10)13/h3-5,11-12H,6-7,14H2,1-2H3. The van der Waals surface area contributed by atoms with Crippen molar-refractivity contribution in [2.24, 2.45) is 0 Å². The summed E-state index contributed by atoms with van der Waals surface area (Å²) in [6, 6.07) is 4.72.